The molecule has 0 aliphatic heterocycles. The third-order valence-corrected chi connectivity index (χ3v) is 6.21. The molecule has 1 aliphatic rings. The monoisotopic (exact) mass is 422 g/mol. The topological polar surface area (TPSA) is 17.0 Å². The molecule has 0 bridgehead atoms. The van der Waals surface area contributed by atoms with Gasteiger partial charge in [0, 0.05) is 45.8 Å². The van der Waals surface area contributed by atoms with Crippen LogP contribution in [0.1, 0.15) is 42.5 Å². The van der Waals surface area contributed by atoms with E-state index < -0.39 is 0 Å². The fourth-order valence-electron chi connectivity index (χ4n) is 4.13. The van der Waals surface area contributed by atoms with Gasteiger partial charge in [-0.15, -0.1) is 12.4 Å². The van der Waals surface area contributed by atoms with Gasteiger partial charge in [0.1, 0.15) is 0 Å². The molecule has 2 aromatic carbocycles. The molecule has 0 saturated heterocycles. The summed E-state index contributed by atoms with van der Waals surface area (Å²) in [6.07, 6.45) is 5.32. The Labute approximate surface area is 177 Å². The van der Waals surface area contributed by atoms with Crippen LogP contribution in [0, 0.1) is 6.92 Å². The summed E-state index contributed by atoms with van der Waals surface area (Å²) in [6.45, 7) is 3.90. The van der Waals surface area contributed by atoms with Crippen molar-refractivity contribution in [3.05, 3.63) is 69.3 Å². The highest BCUT2D eigenvalue weighted by Gasteiger charge is 2.18. The maximum atomic E-state index is 6.43. The second kappa shape index (κ2) is 8.87. The number of aromatic nitrogens is 1. The number of hydrogen-bond donors (Lipinski definition) is 1. The number of nitrogens with one attached hydrogen (secondary N) is 1. The molecule has 1 saturated carbocycles. The van der Waals surface area contributed by atoms with E-state index in [4.69, 9.17) is 23.2 Å². The van der Waals surface area contributed by atoms with Crippen LogP contribution in [0.4, 0.5) is 0 Å². The Hall–Kier alpha value is -1.19. The van der Waals surface area contributed by atoms with Crippen LogP contribution in [0.5, 0.6) is 0 Å². The molecule has 1 heterocycles. The van der Waals surface area contributed by atoms with Crippen LogP contribution in [0.15, 0.2) is 42.5 Å². The zero-order chi connectivity index (χ0) is 18.1. The third-order valence-electron chi connectivity index (χ3n) is 5.63. The normalized spacial score (nSPS) is 14.6. The van der Waals surface area contributed by atoms with E-state index in [-0.39, 0.29) is 12.4 Å². The highest BCUT2D eigenvalue weighted by atomic mass is 35.5. The summed E-state index contributed by atoms with van der Waals surface area (Å²) in [5, 5.41) is 6.50. The van der Waals surface area contributed by atoms with Crippen LogP contribution in [0.2, 0.25) is 10.0 Å². The number of rotatable bonds is 5. The third kappa shape index (κ3) is 4.30. The first-order valence-electron chi connectivity index (χ1n) is 9.37. The molecular weight excluding hydrogens is 399 g/mol. The lowest BCUT2D eigenvalue weighted by Gasteiger charge is -2.13. The first kappa shape index (κ1) is 20.5. The van der Waals surface area contributed by atoms with E-state index in [2.05, 4.69) is 41.1 Å². The van der Waals surface area contributed by atoms with Gasteiger partial charge < -0.3 is 9.88 Å². The van der Waals surface area contributed by atoms with Gasteiger partial charge in [0.2, 0.25) is 0 Å². The summed E-state index contributed by atoms with van der Waals surface area (Å²) >= 11 is 12.5. The SMILES string of the molecule is Cc1c(CNC2CCCC2)c2ccccc2n1Cc1ccc(Cl)cc1Cl.Cl. The molecule has 0 radical (unpaired) electrons. The molecule has 144 valence electrons. The van der Waals surface area contributed by atoms with E-state index in [1.807, 2.05) is 18.2 Å². The van der Waals surface area contributed by atoms with E-state index in [1.165, 1.54) is 47.8 Å². The Balaban J connectivity index is 0.00000210. The maximum absolute atomic E-state index is 6.43. The van der Waals surface area contributed by atoms with Crippen molar-refractivity contribution >= 4 is 46.5 Å². The fraction of sp³-hybridized carbons (Fsp3) is 0.364. The zero-order valence-corrected chi connectivity index (χ0v) is 17.8. The van der Waals surface area contributed by atoms with Crippen molar-refractivity contribution in [1.82, 2.24) is 9.88 Å². The number of halogens is 3. The maximum Gasteiger partial charge on any atom is 0.0493 e. The smallest absolute Gasteiger partial charge is 0.0493 e. The number of para-hydroxylation sites is 1. The fourth-order valence-corrected chi connectivity index (χ4v) is 4.59. The van der Waals surface area contributed by atoms with Crippen LogP contribution in [-0.2, 0) is 13.1 Å². The first-order valence-corrected chi connectivity index (χ1v) is 10.1. The van der Waals surface area contributed by atoms with Crippen LogP contribution < -0.4 is 5.32 Å². The molecule has 3 aromatic rings. The number of benzene rings is 2. The molecule has 1 N–H and O–H groups in total. The van der Waals surface area contributed by atoms with Gasteiger partial charge in [0.05, 0.1) is 0 Å². The predicted octanol–water partition coefficient (Wildman–Crippen LogP) is 6.76. The average Bonchev–Trinajstić information content (AvgIpc) is 3.23. The molecule has 5 heteroatoms. The van der Waals surface area contributed by atoms with E-state index in [0.29, 0.717) is 11.1 Å². The Morgan fingerprint density at radius 2 is 1.81 bits per heavy atom. The molecule has 1 fully saturated rings. The molecule has 4 rings (SSSR count). The first-order chi connectivity index (χ1) is 12.6. The Morgan fingerprint density at radius 1 is 1.07 bits per heavy atom. The van der Waals surface area contributed by atoms with E-state index in [9.17, 15) is 0 Å². The molecular formula is C22H25Cl3N2. The van der Waals surface area contributed by atoms with Gasteiger partial charge in [-0.05, 0) is 49.1 Å². The summed E-state index contributed by atoms with van der Waals surface area (Å²) < 4.78 is 2.37. The minimum Gasteiger partial charge on any atom is -0.340 e. The molecule has 0 spiro atoms. The van der Waals surface area contributed by atoms with Gasteiger partial charge in [0.15, 0.2) is 0 Å². The van der Waals surface area contributed by atoms with E-state index in [0.717, 1.165) is 23.7 Å². The minimum atomic E-state index is 0. The van der Waals surface area contributed by atoms with E-state index in [1.54, 1.807) is 0 Å². The zero-order valence-electron chi connectivity index (χ0n) is 15.5. The van der Waals surface area contributed by atoms with Crippen molar-refractivity contribution in [3.63, 3.8) is 0 Å². The summed E-state index contributed by atoms with van der Waals surface area (Å²) in [5.41, 5.74) is 5.06. The summed E-state index contributed by atoms with van der Waals surface area (Å²) in [7, 11) is 0. The molecule has 1 aliphatic carbocycles. The van der Waals surface area contributed by atoms with Gasteiger partial charge >= 0.3 is 0 Å². The number of nitrogens with zero attached hydrogens (tertiary/aromatic N) is 1. The van der Waals surface area contributed by atoms with E-state index >= 15 is 0 Å². The molecule has 0 amide bonds. The second-order valence-electron chi connectivity index (χ2n) is 7.27. The summed E-state index contributed by atoms with van der Waals surface area (Å²) in [4.78, 5) is 0. The van der Waals surface area contributed by atoms with Gasteiger partial charge in [-0.2, -0.15) is 0 Å². The molecule has 0 unspecified atom stereocenters. The van der Waals surface area contributed by atoms with Gasteiger partial charge in [0.25, 0.3) is 0 Å². The van der Waals surface area contributed by atoms with Crippen LogP contribution in [-0.4, -0.2) is 10.6 Å². The minimum absolute atomic E-state index is 0. The van der Waals surface area contributed by atoms with Gasteiger partial charge in [-0.25, -0.2) is 0 Å². The molecule has 27 heavy (non-hydrogen) atoms. The van der Waals surface area contributed by atoms with Crippen molar-refractivity contribution in [1.29, 1.82) is 0 Å². The standard InChI is InChI=1S/C22H24Cl2N2.ClH/c1-15-20(13-25-18-6-2-3-7-18)19-8-4-5-9-22(19)26(15)14-16-10-11-17(23)12-21(16)24;/h4-5,8-12,18,25H,2-3,6-7,13-14H2,1H3;1H. The predicted molar refractivity (Wildman–Crippen MR) is 119 cm³/mol. The molecule has 1 aromatic heterocycles. The highest BCUT2D eigenvalue weighted by molar-refractivity contribution is 6.35. The molecule has 0 atom stereocenters. The van der Waals surface area contributed by atoms with Crippen molar-refractivity contribution in [2.45, 2.75) is 51.7 Å². The second-order valence-corrected chi connectivity index (χ2v) is 8.11. The van der Waals surface area contributed by atoms with Crippen molar-refractivity contribution < 1.29 is 0 Å². The summed E-state index contributed by atoms with van der Waals surface area (Å²) in [6, 6.07) is 15.1. The lowest BCUT2D eigenvalue weighted by atomic mass is 10.1. The van der Waals surface area contributed by atoms with Gasteiger partial charge in [-0.1, -0.05) is 60.3 Å². The Bertz CT molecular complexity index is 927. The van der Waals surface area contributed by atoms with Crippen LogP contribution in [0.25, 0.3) is 10.9 Å². The largest absolute Gasteiger partial charge is 0.340 e. The Kier molecular flexibility index (Phi) is 6.75. The average molecular weight is 424 g/mol. The Morgan fingerprint density at radius 3 is 2.56 bits per heavy atom. The highest BCUT2D eigenvalue weighted by Crippen LogP contribution is 2.29. The lowest BCUT2D eigenvalue weighted by Crippen LogP contribution is -2.25. The van der Waals surface area contributed by atoms with Crippen LogP contribution >= 0.6 is 35.6 Å². The molecule has 2 nitrogen and oxygen atoms in total. The number of hydrogen-bond acceptors (Lipinski definition) is 1. The van der Waals surface area contributed by atoms with Crippen molar-refractivity contribution in [2.75, 3.05) is 0 Å². The van der Waals surface area contributed by atoms with Gasteiger partial charge in [-0.3, -0.25) is 0 Å². The van der Waals surface area contributed by atoms with Crippen molar-refractivity contribution in [2.24, 2.45) is 0 Å². The number of fused-ring (bicyclic) bond motifs is 1. The lowest BCUT2D eigenvalue weighted by molar-refractivity contribution is 0.523. The quantitative estimate of drug-likeness (QED) is 0.479. The van der Waals surface area contributed by atoms with Crippen LogP contribution in [0.3, 0.4) is 0 Å². The van der Waals surface area contributed by atoms with Crippen molar-refractivity contribution in [3.8, 4) is 0 Å². The summed E-state index contributed by atoms with van der Waals surface area (Å²) in [5.74, 6) is 0.